The molecule has 28 heavy (non-hydrogen) atoms. The highest BCUT2D eigenvalue weighted by Crippen LogP contribution is 2.26. The number of nitrogens with one attached hydrogen (secondary N) is 1. The van der Waals surface area contributed by atoms with Gasteiger partial charge >= 0.3 is 0 Å². The van der Waals surface area contributed by atoms with Crippen LogP contribution in [0.2, 0.25) is 0 Å². The van der Waals surface area contributed by atoms with Gasteiger partial charge in [-0.15, -0.1) is 0 Å². The Bertz CT molecular complexity index is 909. The Morgan fingerprint density at radius 3 is 2.18 bits per heavy atom. The largest absolute Gasteiger partial charge is 0.497 e. The number of benzene rings is 2. The van der Waals surface area contributed by atoms with Crippen LogP contribution < -0.4 is 10.1 Å². The third-order valence-electron chi connectivity index (χ3n) is 4.44. The van der Waals surface area contributed by atoms with Crippen LogP contribution >= 0.6 is 0 Å². The van der Waals surface area contributed by atoms with Gasteiger partial charge < -0.3 is 4.74 Å². The van der Waals surface area contributed by atoms with Crippen LogP contribution in [-0.4, -0.2) is 23.0 Å². The van der Waals surface area contributed by atoms with E-state index in [1.54, 1.807) is 7.11 Å². The zero-order valence-corrected chi connectivity index (χ0v) is 16.3. The fourth-order valence-electron chi connectivity index (χ4n) is 2.89. The molecule has 5 nitrogen and oxygen atoms in total. The maximum atomic E-state index is 12.3. The van der Waals surface area contributed by atoms with Crippen molar-refractivity contribution in [1.29, 1.82) is 0 Å². The quantitative estimate of drug-likeness (QED) is 0.540. The van der Waals surface area contributed by atoms with E-state index in [-0.39, 0.29) is 5.91 Å². The molecule has 0 atom stereocenters. The van der Waals surface area contributed by atoms with Gasteiger partial charge in [0.15, 0.2) is 0 Å². The molecule has 0 saturated carbocycles. The number of amides is 1. The average Bonchev–Trinajstić information content (AvgIpc) is 2.74. The predicted octanol–water partition coefficient (Wildman–Crippen LogP) is 5.34. The van der Waals surface area contributed by atoms with E-state index in [1.807, 2.05) is 60.7 Å². The van der Waals surface area contributed by atoms with Crippen LogP contribution in [0.4, 0.5) is 5.95 Å². The highest BCUT2D eigenvalue weighted by Gasteiger charge is 2.11. The Hall–Kier alpha value is -3.21. The van der Waals surface area contributed by atoms with Crippen LogP contribution in [0.25, 0.3) is 22.5 Å². The summed E-state index contributed by atoms with van der Waals surface area (Å²) in [7, 11) is 1.64. The van der Waals surface area contributed by atoms with E-state index in [1.165, 1.54) is 0 Å². The lowest BCUT2D eigenvalue weighted by molar-refractivity contribution is -0.116. The number of nitrogens with zero attached hydrogens (tertiary/aromatic N) is 2. The summed E-state index contributed by atoms with van der Waals surface area (Å²) in [6.45, 7) is 2.12. The number of hydrogen-bond donors (Lipinski definition) is 1. The van der Waals surface area contributed by atoms with Gasteiger partial charge in [-0.25, -0.2) is 9.97 Å². The van der Waals surface area contributed by atoms with Gasteiger partial charge in [0.25, 0.3) is 0 Å². The van der Waals surface area contributed by atoms with Crippen LogP contribution in [0.1, 0.15) is 32.6 Å². The van der Waals surface area contributed by atoms with Crippen molar-refractivity contribution in [2.45, 2.75) is 32.6 Å². The van der Waals surface area contributed by atoms with E-state index in [0.717, 1.165) is 47.5 Å². The number of carbonyl (C=O) groups is 1. The first-order valence-electron chi connectivity index (χ1n) is 9.58. The summed E-state index contributed by atoms with van der Waals surface area (Å²) in [5.41, 5.74) is 3.42. The second-order valence-electron chi connectivity index (χ2n) is 6.56. The van der Waals surface area contributed by atoms with Crippen molar-refractivity contribution in [3.8, 4) is 28.3 Å². The normalized spacial score (nSPS) is 10.5. The Balaban J connectivity index is 1.93. The molecule has 2 aromatic carbocycles. The molecule has 1 aromatic heterocycles. The standard InChI is InChI=1S/C23H25N3O2/c1-3-4-6-11-22(27)26-23-24-20(17-9-7-5-8-10-17)16-21(25-23)18-12-14-19(28-2)15-13-18/h5,7-10,12-16H,3-4,6,11H2,1-2H3,(H,24,25,26,27). The van der Waals surface area contributed by atoms with Crippen LogP contribution in [0.15, 0.2) is 60.7 Å². The van der Waals surface area contributed by atoms with E-state index in [9.17, 15) is 4.79 Å². The summed E-state index contributed by atoms with van der Waals surface area (Å²) in [4.78, 5) is 21.4. The molecule has 3 aromatic rings. The molecule has 0 aliphatic carbocycles. The third kappa shape index (κ3) is 5.16. The van der Waals surface area contributed by atoms with Crippen molar-refractivity contribution in [3.05, 3.63) is 60.7 Å². The number of unbranched alkanes of at least 4 members (excludes halogenated alkanes) is 2. The van der Waals surface area contributed by atoms with Crippen LogP contribution in [0.3, 0.4) is 0 Å². The molecule has 0 spiro atoms. The van der Waals surface area contributed by atoms with Gasteiger partial charge in [-0.1, -0.05) is 50.1 Å². The number of methoxy groups -OCH3 is 1. The Morgan fingerprint density at radius 1 is 0.929 bits per heavy atom. The number of carbonyl (C=O) groups excluding carboxylic acids is 1. The van der Waals surface area contributed by atoms with E-state index in [0.29, 0.717) is 12.4 Å². The molecule has 0 aliphatic rings. The second-order valence-corrected chi connectivity index (χ2v) is 6.56. The minimum absolute atomic E-state index is 0.0562. The smallest absolute Gasteiger partial charge is 0.230 e. The van der Waals surface area contributed by atoms with Crippen molar-refractivity contribution >= 4 is 11.9 Å². The minimum Gasteiger partial charge on any atom is -0.497 e. The first-order valence-corrected chi connectivity index (χ1v) is 9.58. The van der Waals surface area contributed by atoms with Gasteiger partial charge in [-0.3, -0.25) is 10.1 Å². The Kier molecular flexibility index (Phi) is 6.73. The van der Waals surface area contributed by atoms with Crippen LogP contribution in [0.5, 0.6) is 5.75 Å². The van der Waals surface area contributed by atoms with Crippen molar-refractivity contribution in [2.75, 3.05) is 12.4 Å². The summed E-state index contributed by atoms with van der Waals surface area (Å²) in [6.07, 6.45) is 3.46. The number of ether oxygens (including phenoxy) is 1. The number of aromatic nitrogens is 2. The molecule has 5 heteroatoms. The number of anilines is 1. The van der Waals surface area contributed by atoms with Gasteiger partial charge in [0.05, 0.1) is 18.5 Å². The van der Waals surface area contributed by atoms with Gasteiger partial charge in [0, 0.05) is 17.5 Å². The van der Waals surface area contributed by atoms with Crippen molar-refractivity contribution in [2.24, 2.45) is 0 Å². The molecule has 0 aliphatic heterocycles. The fraction of sp³-hybridized carbons (Fsp3) is 0.261. The predicted molar refractivity (Wildman–Crippen MR) is 112 cm³/mol. The van der Waals surface area contributed by atoms with Gasteiger partial charge in [-0.05, 0) is 36.8 Å². The zero-order valence-electron chi connectivity index (χ0n) is 16.3. The lowest BCUT2D eigenvalue weighted by Crippen LogP contribution is -2.14. The van der Waals surface area contributed by atoms with Crippen LogP contribution in [0, 0.1) is 0 Å². The minimum atomic E-state index is -0.0562. The third-order valence-corrected chi connectivity index (χ3v) is 4.44. The van der Waals surface area contributed by atoms with Gasteiger partial charge in [-0.2, -0.15) is 0 Å². The highest BCUT2D eigenvalue weighted by molar-refractivity contribution is 5.89. The Morgan fingerprint density at radius 2 is 1.57 bits per heavy atom. The lowest BCUT2D eigenvalue weighted by atomic mass is 10.1. The zero-order chi connectivity index (χ0) is 19.8. The molecule has 1 N–H and O–H groups in total. The van der Waals surface area contributed by atoms with Crippen molar-refractivity contribution in [1.82, 2.24) is 9.97 Å². The molecule has 0 saturated heterocycles. The summed E-state index contributed by atoms with van der Waals surface area (Å²) in [6, 6.07) is 19.5. The first kappa shape index (κ1) is 19.5. The van der Waals surface area contributed by atoms with Gasteiger partial charge in [0.1, 0.15) is 5.75 Å². The molecule has 3 rings (SSSR count). The topological polar surface area (TPSA) is 64.1 Å². The van der Waals surface area contributed by atoms with Crippen molar-refractivity contribution < 1.29 is 9.53 Å². The molecule has 0 bridgehead atoms. The van der Waals surface area contributed by atoms with Crippen LogP contribution in [-0.2, 0) is 4.79 Å². The fourth-order valence-corrected chi connectivity index (χ4v) is 2.89. The first-order chi connectivity index (χ1) is 13.7. The van der Waals surface area contributed by atoms with Gasteiger partial charge in [0.2, 0.25) is 11.9 Å². The monoisotopic (exact) mass is 375 g/mol. The lowest BCUT2D eigenvalue weighted by Gasteiger charge is -2.10. The maximum Gasteiger partial charge on any atom is 0.230 e. The number of hydrogen-bond acceptors (Lipinski definition) is 4. The number of rotatable bonds is 8. The van der Waals surface area contributed by atoms with E-state index >= 15 is 0 Å². The SMILES string of the molecule is CCCCCC(=O)Nc1nc(-c2ccccc2)cc(-c2ccc(OC)cc2)n1. The summed E-state index contributed by atoms with van der Waals surface area (Å²) in [5.74, 6) is 1.05. The summed E-state index contributed by atoms with van der Waals surface area (Å²) >= 11 is 0. The molecule has 144 valence electrons. The van der Waals surface area contributed by atoms with Crippen molar-refractivity contribution in [3.63, 3.8) is 0 Å². The Labute approximate surface area is 165 Å². The van der Waals surface area contributed by atoms with E-state index < -0.39 is 0 Å². The summed E-state index contributed by atoms with van der Waals surface area (Å²) in [5, 5.41) is 2.86. The molecular formula is C23H25N3O2. The molecule has 1 heterocycles. The van der Waals surface area contributed by atoms with E-state index in [2.05, 4.69) is 22.2 Å². The molecule has 0 fully saturated rings. The average molecular weight is 375 g/mol. The molecular weight excluding hydrogens is 350 g/mol. The second kappa shape index (κ2) is 9.65. The molecule has 1 amide bonds. The molecule has 0 radical (unpaired) electrons. The highest BCUT2D eigenvalue weighted by atomic mass is 16.5. The summed E-state index contributed by atoms with van der Waals surface area (Å²) < 4.78 is 5.23. The maximum absolute atomic E-state index is 12.3. The molecule has 0 unspecified atom stereocenters. The van der Waals surface area contributed by atoms with E-state index in [4.69, 9.17) is 4.74 Å².